The largest absolute Gasteiger partial charge is 0.451 e. The van der Waals surface area contributed by atoms with Crippen molar-refractivity contribution in [3.8, 4) is 0 Å². The third-order valence-corrected chi connectivity index (χ3v) is 6.22. The molecule has 2 N–H and O–H groups in total. The van der Waals surface area contributed by atoms with Crippen molar-refractivity contribution in [1.82, 2.24) is 5.32 Å². The van der Waals surface area contributed by atoms with Gasteiger partial charge in [-0.25, -0.2) is 0 Å². The molecule has 0 fully saturated rings. The van der Waals surface area contributed by atoms with E-state index in [-0.39, 0.29) is 17.1 Å². The predicted octanol–water partition coefficient (Wildman–Crippen LogP) is 3.59. The minimum Gasteiger partial charge on any atom is -0.451 e. The fraction of sp³-hybridized carbons (Fsp3) is 0.286. The summed E-state index contributed by atoms with van der Waals surface area (Å²) in [5.41, 5.74) is 1.60. The number of para-hydroxylation sites is 1. The van der Waals surface area contributed by atoms with E-state index in [1.165, 1.54) is 17.4 Å². The lowest BCUT2D eigenvalue weighted by Gasteiger charge is -2.18. The Morgan fingerprint density at radius 2 is 2.00 bits per heavy atom. The zero-order chi connectivity index (χ0) is 19.8. The highest BCUT2D eigenvalue weighted by Crippen LogP contribution is 2.39. The molecule has 0 radical (unpaired) electrons. The number of rotatable bonds is 3. The minimum atomic E-state index is -0.542. The van der Waals surface area contributed by atoms with E-state index >= 15 is 0 Å². The van der Waals surface area contributed by atoms with Crippen molar-refractivity contribution in [2.45, 2.75) is 26.2 Å². The lowest BCUT2D eigenvalue weighted by molar-refractivity contribution is 0.0963. The Labute approximate surface area is 165 Å². The zero-order valence-corrected chi connectivity index (χ0v) is 16.4. The summed E-state index contributed by atoms with van der Waals surface area (Å²) in [6.07, 6.45) is 2.72. The second-order valence-electron chi connectivity index (χ2n) is 7.06. The van der Waals surface area contributed by atoms with E-state index < -0.39 is 5.91 Å². The highest BCUT2D eigenvalue weighted by atomic mass is 32.1. The molecule has 0 aliphatic heterocycles. The van der Waals surface area contributed by atoms with Crippen LogP contribution in [-0.2, 0) is 12.8 Å². The third kappa shape index (κ3) is 3.22. The van der Waals surface area contributed by atoms with Gasteiger partial charge in [0.2, 0.25) is 0 Å². The van der Waals surface area contributed by atoms with Crippen LogP contribution in [0.5, 0.6) is 0 Å². The Balaban J connectivity index is 1.72. The first-order chi connectivity index (χ1) is 13.5. The number of fused-ring (bicyclic) bond motifs is 2. The molecule has 0 saturated heterocycles. The van der Waals surface area contributed by atoms with Crippen molar-refractivity contribution in [1.29, 1.82) is 0 Å². The first-order valence-electron chi connectivity index (χ1n) is 9.18. The fourth-order valence-electron chi connectivity index (χ4n) is 3.58. The van der Waals surface area contributed by atoms with Crippen molar-refractivity contribution >= 4 is 39.1 Å². The summed E-state index contributed by atoms with van der Waals surface area (Å²) in [4.78, 5) is 38.7. The molecular weight excluding hydrogens is 376 g/mol. The standard InChI is InChI=1S/C21H20N2O4S/c1-11-7-8-13-17(9-11)28-21(18(13)20(26)22-2)23-19(25)16-10-14(24)12-5-3-4-6-15(12)27-16/h3-6,10-11H,7-9H2,1-2H3,(H,22,26)(H,23,25). The Morgan fingerprint density at radius 1 is 1.21 bits per heavy atom. The van der Waals surface area contributed by atoms with Gasteiger partial charge in [-0.05, 0) is 42.9 Å². The van der Waals surface area contributed by atoms with Crippen LogP contribution in [0.3, 0.4) is 0 Å². The molecule has 1 unspecified atom stereocenters. The van der Waals surface area contributed by atoms with Crippen molar-refractivity contribution in [3.05, 3.63) is 62.3 Å². The Morgan fingerprint density at radius 3 is 2.79 bits per heavy atom. The highest BCUT2D eigenvalue weighted by molar-refractivity contribution is 7.17. The van der Waals surface area contributed by atoms with Crippen LogP contribution in [0.1, 0.15) is 44.7 Å². The second kappa shape index (κ2) is 7.24. The fourth-order valence-corrected chi connectivity index (χ4v) is 4.99. The molecule has 1 aliphatic rings. The van der Waals surface area contributed by atoms with Gasteiger partial charge in [0.05, 0.1) is 10.9 Å². The molecule has 7 heteroatoms. The monoisotopic (exact) mass is 396 g/mol. The van der Waals surface area contributed by atoms with Gasteiger partial charge in [-0.2, -0.15) is 0 Å². The van der Waals surface area contributed by atoms with Gasteiger partial charge in [0.1, 0.15) is 10.6 Å². The number of hydrogen-bond acceptors (Lipinski definition) is 5. The first kappa shape index (κ1) is 18.4. The van der Waals surface area contributed by atoms with Crippen LogP contribution in [0.15, 0.2) is 39.5 Å². The molecule has 0 saturated carbocycles. The number of thiophene rings is 1. The van der Waals surface area contributed by atoms with E-state index in [4.69, 9.17) is 4.42 Å². The van der Waals surface area contributed by atoms with Crippen molar-refractivity contribution < 1.29 is 14.0 Å². The SMILES string of the molecule is CNC(=O)c1c(NC(=O)c2cc(=O)c3ccccc3o2)sc2c1CCC(C)C2. The Hall–Kier alpha value is -2.93. The van der Waals surface area contributed by atoms with E-state index in [9.17, 15) is 14.4 Å². The maximum absolute atomic E-state index is 12.8. The summed E-state index contributed by atoms with van der Waals surface area (Å²) in [6, 6.07) is 7.97. The molecule has 2 aromatic heterocycles. The topological polar surface area (TPSA) is 88.4 Å². The van der Waals surface area contributed by atoms with Gasteiger partial charge in [-0.1, -0.05) is 19.1 Å². The van der Waals surface area contributed by atoms with Gasteiger partial charge < -0.3 is 15.1 Å². The minimum absolute atomic E-state index is 0.0775. The number of nitrogens with one attached hydrogen (secondary N) is 2. The summed E-state index contributed by atoms with van der Waals surface area (Å²) in [6.45, 7) is 2.18. The molecular formula is C21H20N2O4S. The molecule has 2 amide bonds. The van der Waals surface area contributed by atoms with Crippen LogP contribution >= 0.6 is 11.3 Å². The number of anilines is 1. The molecule has 28 heavy (non-hydrogen) atoms. The van der Waals surface area contributed by atoms with Crippen molar-refractivity contribution in [2.24, 2.45) is 5.92 Å². The first-order valence-corrected chi connectivity index (χ1v) is 10.0. The average molecular weight is 396 g/mol. The molecule has 3 aromatic rings. The highest BCUT2D eigenvalue weighted by Gasteiger charge is 2.28. The quantitative estimate of drug-likeness (QED) is 0.708. The van der Waals surface area contributed by atoms with Crippen LogP contribution in [0.4, 0.5) is 5.00 Å². The molecule has 6 nitrogen and oxygen atoms in total. The van der Waals surface area contributed by atoms with Crippen molar-refractivity contribution in [3.63, 3.8) is 0 Å². The van der Waals surface area contributed by atoms with E-state index in [0.717, 1.165) is 29.7 Å². The Kier molecular flexibility index (Phi) is 4.77. The summed E-state index contributed by atoms with van der Waals surface area (Å²) in [5.74, 6) is -0.293. The van der Waals surface area contributed by atoms with Gasteiger partial charge in [0.15, 0.2) is 11.2 Å². The number of carbonyl (C=O) groups excluding carboxylic acids is 2. The van der Waals surface area contributed by atoms with Crippen LogP contribution in [0, 0.1) is 5.92 Å². The van der Waals surface area contributed by atoms with E-state index in [2.05, 4.69) is 17.6 Å². The van der Waals surface area contributed by atoms with Gasteiger partial charge in [0.25, 0.3) is 11.8 Å². The van der Waals surface area contributed by atoms with Gasteiger partial charge >= 0.3 is 0 Å². The lowest BCUT2D eigenvalue weighted by atomic mass is 9.88. The number of hydrogen-bond donors (Lipinski definition) is 2. The average Bonchev–Trinajstić information content (AvgIpc) is 3.04. The van der Waals surface area contributed by atoms with E-state index in [1.807, 2.05) is 0 Å². The zero-order valence-electron chi connectivity index (χ0n) is 15.6. The normalized spacial score (nSPS) is 15.9. The molecule has 1 aliphatic carbocycles. The van der Waals surface area contributed by atoms with Gasteiger partial charge in [0, 0.05) is 18.0 Å². The Bertz CT molecular complexity index is 1150. The number of amides is 2. The smallest absolute Gasteiger partial charge is 0.292 e. The summed E-state index contributed by atoms with van der Waals surface area (Å²) >= 11 is 1.43. The molecule has 1 atom stereocenters. The van der Waals surface area contributed by atoms with Gasteiger partial charge in [-0.15, -0.1) is 11.3 Å². The van der Waals surface area contributed by atoms with E-state index in [0.29, 0.717) is 27.5 Å². The molecule has 144 valence electrons. The number of carbonyl (C=O) groups is 2. The van der Waals surface area contributed by atoms with E-state index in [1.54, 1.807) is 31.3 Å². The summed E-state index contributed by atoms with van der Waals surface area (Å²) < 4.78 is 5.61. The molecule has 0 spiro atoms. The molecule has 4 rings (SSSR count). The molecule has 1 aromatic carbocycles. The van der Waals surface area contributed by atoms with Crippen LogP contribution < -0.4 is 16.1 Å². The molecule has 2 heterocycles. The number of benzene rings is 1. The van der Waals surface area contributed by atoms with Crippen molar-refractivity contribution in [2.75, 3.05) is 12.4 Å². The third-order valence-electron chi connectivity index (χ3n) is 5.05. The summed E-state index contributed by atoms with van der Waals surface area (Å²) in [7, 11) is 1.58. The lowest BCUT2D eigenvalue weighted by Crippen LogP contribution is -2.23. The van der Waals surface area contributed by atoms with Crippen LogP contribution in [0.2, 0.25) is 0 Å². The van der Waals surface area contributed by atoms with Crippen LogP contribution in [-0.4, -0.2) is 18.9 Å². The molecule has 0 bridgehead atoms. The maximum Gasteiger partial charge on any atom is 0.292 e. The predicted molar refractivity (Wildman–Crippen MR) is 109 cm³/mol. The maximum atomic E-state index is 12.8. The van der Waals surface area contributed by atoms with Gasteiger partial charge in [-0.3, -0.25) is 14.4 Å². The van der Waals surface area contributed by atoms with Crippen LogP contribution in [0.25, 0.3) is 11.0 Å². The second-order valence-corrected chi connectivity index (χ2v) is 8.17. The summed E-state index contributed by atoms with van der Waals surface area (Å²) in [5, 5.41) is 6.37.